The van der Waals surface area contributed by atoms with E-state index in [0.717, 1.165) is 5.56 Å². The third-order valence-electron chi connectivity index (χ3n) is 3.97. The van der Waals surface area contributed by atoms with E-state index in [1.165, 1.54) is 0 Å². The first kappa shape index (κ1) is 18.6. The molecule has 3 aromatic rings. The van der Waals surface area contributed by atoms with Gasteiger partial charge in [0.15, 0.2) is 12.3 Å². The molecule has 0 bridgehead atoms. The Morgan fingerprint density at radius 2 is 1.81 bits per heavy atom. The van der Waals surface area contributed by atoms with Crippen LogP contribution in [0.15, 0.2) is 53.3 Å². The summed E-state index contributed by atoms with van der Waals surface area (Å²) in [5.74, 6) is -1.25. The number of fused-ring (bicyclic) bond motifs is 1. The molecule has 27 heavy (non-hydrogen) atoms. The van der Waals surface area contributed by atoms with Crippen LogP contribution in [0.3, 0.4) is 0 Å². The van der Waals surface area contributed by atoms with Gasteiger partial charge in [0.05, 0.1) is 11.4 Å². The van der Waals surface area contributed by atoms with Gasteiger partial charge in [-0.2, -0.15) is 5.10 Å². The number of hydrogen-bond donors (Lipinski definition) is 2. The second kappa shape index (κ2) is 8.01. The number of hydrogen-bond acceptors (Lipinski definition) is 5. The standard InChI is InChI=1S/C19H16ClN3O4/c1-11(12-6-8-13(20)9-7-12)21-16(24)10-27-19(26)17-14-4-2-3-5-15(14)18(25)23-22-17/h2-9,11H,10H2,1H3,(H,21,24)(H,23,25)/t11-/m0/s1. The van der Waals surface area contributed by atoms with E-state index in [1.807, 2.05) is 0 Å². The molecule has 1 amide bonds. The lowest BCUT2D eigenvalue weighted by Crippen LogP contribution is -2.31. The van der Waals surface area contributed by atoms with Gasteiger partial charge in [0.1, 0.15) is 0 Å². The van der Waals surface area contributed by atoms with Crippen molar-refractivity contribution in [1.82, 2.24) is 15.5 Å². The molecule has 0 fully saturated rings. The normalized spacial score (nSPS) is 11.8. The fraction of sp³-hybridized carbons (Fsp3) is 0.158. The summed E-state index contributed by atoms with van der Waals surface area (Å²) in [6.07, 6.45) is 0. The van der Waals surface area contributed by atoms with E-state index in [0.29, 0.717) is 15.8 Å². The van der Waals surface area contributed by atoms with Crippen LogP contribution in [0.2, 0.25) is 5.02 Å². The highest BCUT2D eigenvalue weighted by molar-refractivity contribution is 6.30. The monoisotopic (exact) mass is 385 g/mol. The maximum Gasteiger partial charge on any atom is 0.359 e. The third kappa shape index (κ3) is 4.32. The highest BCUT2D eigenvalue weighted by Gasteiger charge is 2.17. The van der Waals surface area contributed by atoms with Crippen LogP contribution in [0.25, 0.3) is 10.8 Å². The number of nitrogens with one attached hydrogen (secondary N) is 2. The molecule has 1 heterocycles. The van der Waals surface area contributed by atoms with Crippen LogP contribution in [-0.2, 0) is 9.53 Å². The summed E-state index contributed by atoms with van der Waals surface area (Å²) in [4.78, 5) is 36.1. The van der Waals surface area contributed by atoms with Crippen molar-refractivity contribution in [2.75, 3.05) is 6.61 Å². The quantitative estimate of drug-likeness (QED) is 0.657. The van der Waals surface area contributed by atoms with Crippen molar-refractivity contribution in [3.8, 4) is 0 Å². The van der Waals surface area contributed by atoms with Crippen molar-refractivity contribution >= 4 is 34.2 Å². The first-order valence-electron chi connectivity index (χ1n) is 8.15. The van der Waals surface area contributed by atoms with Crippen molar-refractivity contribution < 1.29 is 14.3 Å². The minimum Gasteiger partial charge on any atom is -0.451 e. The summed E-state index contributed by atoms with van der Waals surface area (Å²) >= 11 is 5.84. The van der Waals surface area contributed by atoms with Gasteiger partial charge in [-0.1, -0.05) is 41.9 Å². The molecule has 0 aliphatic carbocycles. The van der Waals surface area contributed by atoms with Gasteiger partial charge in [-0.05, 0) is 30.7 Å². The SMILES string of the molecule is C[C@H](NC(=O)COC(=O)c1n[nH]c(=O)c2ccccc12)c1ccc(Cl)cc1. The molecule has 0 saturated carbocycles. The summed E-state index contributed by atoms with van der Waals surface area (Å²) in [5.41, 5.74) is 0.410. The average molecular weight is 386 g/mol. The highest BCUT2D eigenvalue weighted by atomic mass is 35.5. The maximum absolute atomic E-state index is 12.3. The van der Waals surface area contributed by atoms with Crippen molar-refractivity contribution in [2.45, 2.75) is 13.0 Å². The molecule has 138 valence electrons. The topological polar surface area (TPSA) is 101 Å². The first-order chi connectivity index (χ1) is 13.0. The van der Waals surface area contributed by atoms with Crippen LogP contribution >= 0.6 is 11.6 Å². The van der Waals surface area contributed by atoms with Crippen molar-refractivity contribution in [3.05, 3.63) is 75.2 Å². The number of carbonyl (C=O) groups is 2. The molecule has 2 aromatic carbocycles. The van der Waals surface area contributed by atoms with Crippen LogP contribution < -0.4 is 10.9 Å². The Bertz CT molecular complexity index is 1050. The Balaban J connectivity index is 1.64. The molecule has 0 aliphatic heterocycles. The fourth-order valence-electron chi connectivity index (χ4n) is 2.59. The van der Waals surface area contributed by atoms with Crippen molar-refractivity contribution in [2.24, 2.45) is 0 Å². The van der Waals surface area contributed by atoms with E-state index < -0.39 is 24.0 Å². The van der Waals surface area contributed by atoms with Gasteiger partial charge in [0.25, 0.3) is 11.5 Å². The zero-order valence-electron chi connectivity index (χ0n) is 14.4. The van der Waals surface area contributed by atoms with E-state index >= 15 is 0 Å². The second-order valence-electron chi connectivity index (χ2n) is 5.86. The molecule has 1 aromatic heterocycles. The molecule has 1 atom stereocenters. The predicted octanol–water partition coefficient (Wildman–Crippen LogP) is 2.61. The molecular formula is C19H16ClN3O4. The number of rotatable bonds is 5. The van der Waals surface area contributed by atoms with Crippen LogP contribution in [-0.4, -0.2) is 28.7 Å². The fourth-order valence-corrected chi connectivity index (χ4v) is 2.71. The van der Waals surface area contributed by atoms with Gasteiger partial charge in [0, 0.05) is 10.4 Å². The van der Waals surface area contributed by atoms with Crippen LogP contribution in [0.5, 0.6) is 0 Å². The van der Waals surface area contributed by atoms with E-state index in [9.17, 15) is 14.4 Å². The minimum absolute atomic E-state index is 0.0521. The Kier molecular flexibility index (Phi) is 5.52. The van der Waals surface area contributed by atoms with Gasteiger partial charge >= 0.3 is 5.97 Å². The van der Waals surface area contributed by atoms with E-state index in [-0.39, 0.29) is 11.7 Å². The summed E-state index contributed by atoms with van der Waals surface area (Å²) in [5, 5.41) is 10.0. The molecule has 0 saturated heterocycles. The number of aromatic nitrogens is 2. The zero-order chi connectivity index (χ0) is 19.4. The molecular weight excluding hydrogens is 370 g/mol. The minimum atomic E-state index is -0.795. The second-order valence-corrected chi connectivity index (χ2v) is 6.30. The average Bonchev–Trinajstić information content (AvgIpc) is 2.67. The zero-order valence-corrected chi connectivity index (χ0v) is 15.1. The molecule has 7 nitrogen and oxygen atoms in total. The largest absolute Gasteiger partial charge is 0.451 e. The van der Waals surface area contributed by atoms with Crippen LogP contribution in [0.1, 0.15) is 29.0 Å². The van der Waals surface area contributed by atoms with Gasteiger partial charge < -0.3 is 10.1 Å². The Labute approximate surface area is 159 Å². The molecule has 0 spiro atoms. The molecule has 0 radical (unpaired) electrons. The lowest BCUT2D eigenvalue weighted by Gasteiger charge is -2.14. The number of aromatic amines is 1. The Morgan fingerprint density at radius 3 is 2.52 bits per heavy atom. The summed E-state index contributed by atoms with van der Waals surface area (Å²) in [6.45, 7) is 1.34. The van der Waals surface area contributed by atoms with Crippen LogP contribution in [0, 0.1) is 0 Å². The molecule has 0 aliphatic rings. The maximum atomic E-state index is 12.3. The molecule has 0 unspecified atom stereocenters. The van der Waals surface area contributed by atoms with E-state index in [1.54, 1.807) is 55.5 Å². The van der Waals surface area contributed by atoms with Crippen molar-refractivity contribution in [3.63, 3.8) is 0 Å². The number of nitrogens with zero attached hydrogens (tertiary/aromatic N) is 1. The third-order valence-corrected chi connectivity index (χ3v) is 4.22. The lowest BCUT2D eigenvalue weighted by atomic mass is 10.1. The Hall–Kier alpha value is -3.19. The van der Waals surface area contributed by atoms with Gasteiger partial charge in [-0.3, -0.25) is 9.59 Å². The van der Waals surface area contributed by atoms with E-state index in [4.69, 9.17) is 16.3 Å². The number of carbonyl (C=O) groups excluding carboxylic acids is 2. The number of amides is 1. The number of ether oxygens (including phenoxy) is 1. The first-order valence-corrected chi connectivity index (χ1v) is 8.53. The van der Waals surface area contributed by atoms with Crippen molar-refractivity contribution in [1.29, 1.82) is 0 Å². The van der Waals surface area contributed by atoms with Gasteiger partial charge in [-0.15, -0.1) is 0 Å². The Morgan fingerprint density at radius 1 is 1.15 bits per heavy atom. The summed E-state index contributed by atoms with van der Waals surface area (Å²) < 4.78 is 5.04. The smallest absolute Gasteiger partial charge is 0.359 e. The lowest BCUT2D eigenvalue weighted by molar-refractivity contribution is -0.124. The van der Waals surface area contributed by atoms with Crippen LogP contribution in [0.4, 0.5) is 0 Å². The highest BCUT2D eigenvalue weighted by Crippen LogP contribution is 2.16. The number of H-pyrrole nitrogens is 1. The predicted molar refractivity (Wildman–Crippen MR) is 101 cm³/mol. The number of benzene rings is 2. The number of esters is 1. The summed E-state index contributed by atoms with van der Waals surface area (Å²) in [6, 6.07) is 13.3. The number of halogens is 1. The molecule has 2 N–H and O–H groups in total. The summed E-state index contributed by atoms with van der Waals surface area (Å²) in [7, 11) is 0. The molecule has 3 rings (SSSR count). The van der Waals surface area contributed by atoms with Gasteiger partial charge in [-0.25, -0.2) is 9.89 Å². The van der Waals surface area contributed by atoms with E-state index in [2.05, 4.69) is 15.5 Å². The van der Waals surface area contributed by atoms with Gasteiger partial charge in [0.2, 0.25) is 0 Å². The molecule has 8 heteroatoms.